The van der Waals surface area contributed by atoms with E-state index in [-0.39, 0.29) is 24.3 Å². The highest BCUT2D eigenvalue weighted by atomic mass is 32.1. The molecule has 9 nitrogen and oxygen atoms in total. The molecule has 0 unspecified atom stereocenters. The number of rotatable bonds is 5. The number of hydrogen-bond acceptors (Lipinski definition) is 7. The zero-order valence-corrected chi connectivity index (χ0v) is 19.2. The van der Waals surface area contributed by atoms with Gasteiger partial charge in [0.2, 0.25) is 0 Å². The van der Waals surface area contributed by atoms with E-state index in [0.717, 1.165) is 17.8 Å². The quantitative estimate of drug-likeness (QED) is 0.664. The Balaban J connectivity index is 1.42. The van der Waals surface area contributed by atoms with Gasteiger partial charge in [0, 0.05) is 24.4 Å². The molecular weight excluding hydrogens is 432 g/mol. The van der Waals surface area contributed by atoms with E-state index in [1.165, 1.54) is 11.3 Å². The standard InChI is InChI=1S/C22H28N4O5S/c1-22(2,3)31-21(29)26-11-9-15(10-12-26)20-23-17(14-32-20)19(28)25-24-18(27)13-30-16-7-5-4-6-8-16/h4-8,14-15H,9-13H2,1-3H3,(H,24,27)(H,25,28). The molecule has 1 saturated heterocycles. The first-order chi connectivity index (χ1) is 15.2. The zero-order valence-electron chi connectivity index (χ0n) is 18.4. The molecule has 32 heavy (non-hydrogen) atoms. The summed E-state index contributed by atoms with van der Waals surface area (Å²) in [5.41, 5.74) is 4.39. The summed E-state index contributed by atoms with van der Waals surface area (Å²) in [6.45, 7) is 6.48. The van der Waals surface area contributed by atoms with Gasteiger partial charge in [0.1, 0.15) is 17.0 Å². The number of piperidine rings is 1. The molecule has 2 N–H and O–H groups in total. The largest absolute Gasteiger partial charge is 0.484 e. The third-order valence-electron chi connectivity index (χ3n) is 4.68. The fourth-order valence-corrected chi connectivity index (χ4v) is 4.08. The van der Waals surface area contributed by atoms with Crippen LogP contribution in [-0.2, 0) is 9.53 Å². The summed E-state index contributed by atoms with van der Waals surface area (Å²) in [6.07, 6.45) is 1.20. The van der Waals surface area contributed by atoms with Crippen LogP contribution in [0.1, 0.15) is 55.0 Å². The van der Waals surface area contributed by atoms with Gasteiger partial charge in [0.05, 0.1) is 5.01 Å². The van der Waals surface area contributed by atoms with Gasteiger partial charge in [-0.05, 0) is 45.7 Å². The van der Waals surface area contributed by atoms with Crippen molar-refractivity contribution in [2.45, 2.75) is 45.1 Å². The molecule has 1 aromatic heterocycles. The molecule has 10 heteroatoms. The Morgan fingerprint density at radius 3 is 2.47 bits per heavy atom. The lowest BCUT2D eigenvalue weighted by Crippen LogP contribution is -2.44. The van der Waals surface area contributed by atoms with Crippen LogP contribution in [0.4, 0.5) is 4.79 Å². The molecule has 0 aliphatic carbocycles. The Morgan fingerprint density at radius 1 is 1.12 bits per heavy atom. The highest BCUT2D eigenvalue weighted by Gasteiger charge is 2.29. The number of amides is 3. The van der Waals surface area contributed by atoms with E-state index >= 15 is 0 Å². The maximum absolute atomic E-state index is 12.3. The van der Waals surface area contributed by atoms with Gasteiger partial charge >= 0.3 is 6.09 Å². The van der Waals surface area contributed by atoms with Crippen molar-refractivity contribution in [1.82, 2.24) is 20.7 Å². The van der Waals surface area contributed by atoms with Crippen molar-refractivity contribution in [3.05, 3.63) is 46.4 Å². The molecule has 1 aromatic carbocycles. The highest BCUT2D eigenvalue weighted by Crippen LogP contribution is 2.30. The molecule has 0 radical (unpaired) electrons. The predicted octanol–water partition coefficient (Wildman–Crippen LogP) is 3.10. The Kier molecular flexibility index (Phi) is 7.68. The fourth-order valence-electron chi connectivity index (χ4n) is 3.11. The minimum absolute atomic E-state index is 0.175. The van der Waals surface area contributed by atoms with E-state index in [0.29, 0.717) is 18.8 Å². The van der Waals surface area contributed by atoms with Crippen LogP contribution in [0.15, 0.2) is 35.7 Å². The van der Waals surface area contributed by atoms with Gasteiger partial charge in [0.25, 0.3) is 11.8 Å². The number of nitrogens with zero attached hydrogens (tertiary/aromatic N) is 2. The van der Waals surface area contributed by atoms with Crippen LogP contribution in [0, 0.1) is 0 Å². The summed E-state index contributed by atoms with van der Waals surface area (Å²) in [5.74, 6) is -0.233. The van der Waals surface area contributed by atoms with E-state index in [4.69, 9.17) is 9.47 Å². The minimum Gasteiger partial charge on any atom is -0.484 e. The van der Waals surface area contributed by atoms with Gasteiger partial charge in [-0.15, -0.1) is 11.3 Å². The second-order valence-electron chi connectivity index (χ2n) is 8.42. The van der Waals surface area contributed by atoms with Crippen molar-refractivity contribution < 1.29 is 23.9 Å². The monoisotopic (exact) mass is 460 g/mol. The molecular formula is C22H28N4O5S. The fraction of sp³-hybridized carbons (Fsp3) is 0.455. The van der Waals surface area contributed by atoms with Crippen LogP contribution < -0.4 is 15.6 Å². The number of aromatic nitrogens is 1. The molecule has 0 saturated carbocycles. The lowest BCUT2D eigenvalue weighted by atomic mass is 9.98. The summed E-state index contributed by atoms with van der Waals surface area (Å²) in [6, 6.07) is 8.92. The Labute approximate surface area is 191 Å². The van der Waals surface area contributed by atoms with Crippen LogP contribution in [0.25, 0.3) is 0 Å². The van der Waals surface area contributed by atoms with E-state index < -0.39 is 17.4 Å². The Morgan fingerprint density at radius 2 is 1.81 bits per heavy atom. The van der Waals surface area contributed by atoms with Crippen molar-refractivity contribution in [2.75, 3.05) is 19.7 Å². The average Bonchev–Trinajstić information content (AvgIpc) is 3.26. The predicted molar refractivity (Wildman–Crippen MR) is 119 cm³/mol. The van der Waals surface area contributed by atoms with E-state index in [1.54, 1.807) is 34.5 Å². The first-order valence-corrected chi connectivity index (χ1v) is 11.3. The van der Waals surface area contributed by atoms with Crippen molar-refractivity contribution in [3.8, 4) is 5.75 Å². The van der Waals surface area contributed by atoms with Crippen LogP contribution in [0.2, 0.25) is 0 Å². The maximum atomic E-state index is 12.3. The molecule has 0 spiro atoms. The van der Waals surface area contributed by atoms with E-state index in [1.807, 2.05) is 26.8 Å². The van der Waals surface area contributed by atoms with Crippen molar-refractivity contribution in [1.29, 1.82) is 0 Å². The van der Waals surface area contributed by atoms with Crippen molar-refractivity contribution in [3.63, 3.8) is 0 Å². The Bertz CT molecular complexity index is 933. The van der Waals surface area contributed by atoms with Gasteiger partial charge in [-0.2, -0.15) is 0 Å². The lowest BCUT2D eigenvalue weighted by molar-refractivity contribution is -0.123. The van der Waals surface area contributed by atoms with Gasteiger partial charge in [-0.25, -0.2) is 9.78 Å². The first kappa shape index (κ1) is 23.5. The van der Waals surface area contributed by atoms with E-state index in [9.17, 15) is 14.4 Å². The van der Waals surface area contributed by atoms with Crippen LogP contribution in [0.3, 0.4) is 0 Å². The molecule has 3 rings (SSSR count). The van der Waals surface area contributed by atoms with Crippen LogP contribution in [0.5, 0.6) is 5.75 Å². The molecule has 3 amide bonds. The molecule has 1 aliphatic rings. The first-order valence-electron chi connectivity index (χ1n) is 10.4. The number of hydrogen-bond donors (Lipinski definition) is 2. The SMILES string of the molecule is CC(C)(C)OC(=O)N1CCC(c2nc(C(=O)NNC(=O)COc3ccccc3)cs2)CC1. The summed E-state index contributed by atoms with van der Waals surface area (Å²) < 4.78 is 10.7. The second kappa shape index (κ2) is 10.4. The molecule has 2 aromatic rings. The summed E-state index contributed by atoms with van der Waals surface area (Å²) in [7, 11) is 0. The molecule has 2 heterocycles. The van der Waals surface area contributed by atoms with Crippen molar-refractivity contribution in [2.24, 2.45) is 0 Å². The van der Waals surface area contributed by atoms with Crippen LogP contribution >= 0.6 is 11.3 Å². The van der Waals surface area contributed by atoms with Gasteiger partial charge in [0.15, 0.2) is 6.61 Å². The Hall–Kier alpha value is -3.14. The summed E-state index contributed by atoms with van der Waals surface area (Å²) >= 11 is 1.40. The average molecular weight is 461 g/mol. The van der Waals surface area contributed by atoms with E-state index in [2.05, 4.69) is 15.8 Å². The number of likely N-dealkylation sites (tertiary alicyclic amines) is 1. The number of carbonyl (C=O) groups excluding carboxylic acids is 3. The number of hydrazine groups is 1. The number of benzene rings is 1. The molecule has 172 valence electrons. The maximum Gasteiger partial charge on any atom is 0.410 e. The number of carbonyl (C=O) groups is 3. The number of thiazole rings is 1. The topological polar surface area (TPSA) is 110 Å². The zero-order chi connectivity index (χ0) is 23.1. The third kappa shape index (κ3) is 6.94. The molecule has 1 fully saturated rings. The smallest absolute Gasteiger partial charge is 0.410 e. The molecule has 0 atom stereocenters. The third-order valence-corrected chi connectivity index (χ3v) is 5.69. The van der Waals surface area contributed by atoms with Gasteiger partial charge in [-0.3, -0.25) is 20.4 Å². The normalized spacial score (nSPS) is 14.5. The van der Waals surface area contributed by atoms with Gasteiger partial charge < -0.3 is 14.4 Å². The van der Waals surface area contributed by atoms with Crippen molar-refractivity contribution >= 4 is 29.2 Å². The molecule has 1 aliphatic heterocycles. The van der Waals surface area contributed by atoms with Gasteiger partial charge in [-0.1, -0.05) is 18.2 Å². The lowest BCUT2D eigenvalue weighted by Gasteiger charge is -2.32. The second-order valence-corrected chi connectivity index (χ2v) is 9.31. The number of para-hydroxylation sites is 1. The summed E-state index contributed by atoms with van der Waals surface area (Å²) in [5, 5.41) is 2.51. The number of nitrogens with one attached hydrogen (secondary N) is 2. The van der Waals surface area contributed by atoms with Crippen LogP contribution in [-0.4, -0.2) is 53.1 Å². The summed E-state index contributed by atoms with van der Waals surface area (Å²) in [4.78, 5) is 42.5. The molecule has 0 bridgehead atoms. The minimum atomic E-state index is -0.519. The number of ether oxygens (including phenoxy) is 2. The highest BCUT2D eigenvalue weighted by molar-refractivity contribution is 7.09.